The Hall–Kier alpha value is -2.04. The first-order chi connectivity index (χ1) is 9.54. The van der Waals surface area contributed by atoms with E-state index >= 15 is 0 Å². The summed E-state index contributed by atoms with van der Waals surface area (Å²) in [6.45, 7) is 5.14. The number of nitrogens with one attached hydrogen (secondary N) is 2. The summed E-state index contributed by atoms with van der Waals surface area (Å²) in [5.41, 5.74) is 3.02. The van der Waals surface area contributed by atoms with E-state index in [1.807, 2.05) is 13.8 Å². The molecule has 0 unspecified atom stereocenters. The van der Waals surface area contributed by atoms with Gasteiger partial charge in [0.25, 0.3) is 0 Å². The van der Waals surface area contributed by atoms with Crippen LogP contribution in [0.2, 0.25) is 0 Å². The van der Waals surface area contributed by atoms with Crippen molar-refractivity contribution >= 4 is 16.9 Å². The molecule has 3 rings (SSSR count). The van der Waals surface area contributed by atoms with Crippen LogP contribution in [-0.4, -0.2) is 28.5 Å². The molecule has 0 atom stereocenters. The summed E-state index contributed by atoms with van der Waals surface area (Å²) in [6.07, 6.45) is 0.775. The number of hydrogen-bond donors (Lipinski definition) is 2. The van der Waals surface area contributed by atoms with Crippen LogP contribution in [0.4, 0.5) is 9.18 Å². The van der Waals surface area contributed by atoms with Gasteiger partial charge in [-0.05, 0) is 32.0 Å². The maximum atomic E-state index is 13.3. The Bertz CT molecular complexity index is 662. The van der Waals surface area contributed by atoms with Crippen molar-refractivity contribution in [1.29, 1.82) is 0 Å². The lowest BCUT2D eigenvalue weighted by Crippen LogP contribution is -2.45. The lowest BCUT2D eigenvalue weighted by molar-refractivity contribution is 0.190. The van der Waals surface area contributed by atoms with E-state index in [0.29, 0.717) is 13.1 Å². The van der Waals surface area contributed by atoms with Crippen LogP contribution in [0.25, 0.3) is 10.9 Å². The molecular weight excluding hydrogens is 257 g/mol. The van der Waals surface area contributed by atoms with Crippen LogP contribution in [0, 0.1) is 5.82 Å². The normalized spacial score (nSPS) is 14.7. The van der Waals surface area contributed by atoms with Crippen LogP contribution < -0.4 is 5.32 Å². The van der Waals surface area contributed by atoms with E-state index in [9.17, 15) is 9.18 Å². The van der Waals surface area contributed by atoms with E-state index in [-0.39, 0.29) is 17.9 Å². The minimum atomic E-state index is -0.245. The fraction of sp³-hybridized carbons (Fsp3) is 0.400. The fourth-order valence-corrected chi connectivity index (χ4v) is 2.71. The van der Waals surface area contributed by atoms with E-state index in [4.69, 9.17) is 0 Å². The second kappa shape index (κ2) is 4.81. The van der Waals surface area contributed by atoms with Crippen molar-refractivity contribution in [2.24, 2.45) is 0 Å². The second-order valence-corrected chi connectivity index (χ2v) is 5.55. The van der Waals surface area contributed by atoms with Crippen molar-refractivity contribution in [2.45, 2.75) is 32.9 Å². The maximum Gasteiger partial charge on any atom is 0.317 e. The molecule has 0 fully saturated rings. The van der Waals surface area contributed by atoms with Gasteiger partial charge in [-0.15, -0.1) is 0 Å². The topological polar surface area (TPSA) is 48.1 Å². The van der Waals surface area contributed by atoms with Gasteiger partial charge in [0.15, 0.2) is 0 Å². The van der Waals surface area contributed by atoms with Crippen molar-refractivity contribution < 1.29 is 9.18 Å². The van der Waals surface area contributed by atoms with E-state index in [1.54, 1.807) is 11.0 Å². The van der Waals surface area contributed by atoms with Crippen molar-refractivity contribution in [3.63, 3.8) is 0 Å². The average Bonchev–Trinajstić information content (AvgIpc) is 2.74. The summed E-state index contributed by atoms with van der Waals surface area (Å²) in [4.78, 5) is 17.1. The highest BCUT2D eigenvalue weighted by Crippen LogP contribution is 2.28. The highest BCUT2D eigenvalue weighted by Gasteiger charge is 2.24. The van der Waals surface area contributed by atoms with Crippen LogP contribution in [-0.2, 0) is 13.0 Å². The Morgan fingerprint density at radius 3 is 3.00 bits per heavy atom. The molecule has 1 aliphatic heterocycles. The Balaban J connectivity index is 1.90. The number of benzene rings is 1. The largest absolute Gasteiger partial charge is 0.358 e. The first-order valence-corrected chi connectivity index (χ1v) is 6.89. The predicted molar refractivity (Wildman–Crippen MR) is 76.0 cm³/mol. The first kappa shape index (κ1) is 13.0. The minimum Gasteiger partial charge on any atom is -0.358 e. The summed E-state index contributed by atoms with van der Waals surface area (Å²) in [7, 11) is 0. The lowest BCUT2D eigenvalue weighted by Gasteiger charge is -2.28. The molecule has 4 nitrogen and oxygen atoms in total. The third kappa shape index (κ3) is 2.24. The molecule has 106 valence electrons. The summed E-state index contributed by atoms with van der Waals surface area (Å²) in [5.74, 6) is -0.245. The Labute approximate surface area is 117 Å². The maximum absolute atomic E-state index is 13.3. The van der Waals surface area contributed by atoms with Crippen LogP contribution in [0.15, 0.2) is 18.2 Å². The van der Waals surface area contributed by atoms with Gasteiger partial charge in [-0.3, -0.25) is 0 Å². The Morgan fingerprint density at radius 1 is 1.45 bits per heavy atom. The van der Waals surface area contributed by atoms with Crippen LogP contribution in [0.1, 0.15) is 25.1 Å². The third-order valence-electron chi connectivity index (χ3n) is 3.64. The predicted octanol–water partition coefficient (Wildman–Crippen LogP) is 2.78. The van der Waals surface area contributed by atoms with Crippen LogP contribution >= 0.6 is 0 Å². The molecule has 20 heavy (non-hydrogen) atoms. The Morgan fingerprint density at radius 2 is 2.25 bits per heavy atom. The van der Waals surface area contributed by atoms with Gasteiger partial charge in [0, 0.05) is 47.7 Å². The summed E-state index contributed by atoms with van der Waals surface area (Å²) in [6, 6.07) is 4.84. The molecule has 1 aromatic heterocycles. The Kier molecular flexibility index (Phi) is 3.12. The number of H-pyrrole nitrogens is 1. The number of nitrogens with zero attached hydrogens (tertiary/aromatic N) is 1. The highest BCUT2D eigenvalue weighted by molar-refractivity contribution is 5.86. The minimum absolute atomic E-state index is 0.0397. The number of aromatic amines is 1. The molecule has 0 saturated carbocycles. The van der Waals surface area contributed by atoms with Gasteiger partial charge in [-0.2, -0.15) is 0 Å². The zero-order chi connectivity index (χ0) is 14.3. The number of aromatic nitrogens is 1. The molecule has 5 heteroatoms. The average molecular weight is 275 g/mol. The van der Waals surface area contributed by atoms with Crippen LogP contribution in [0.5, 0.6) is 0 Å². The fourth-order valence-electron chi connectivity index (χ4n) is 2.71. The molecule has 0 radical (unpaired) electrons. The van der Waals surface area contributed by atoms with Gasteiger partial charge in [0.1, 0.15) is 5.82 Å². The monoisotopic (exact) mass is 275 g/mol. The number of urea groups is 1. The van der Waals surface area contributed by atoms with Crippen LogP contribution in [0.3, 0.4) is 0 Å². The first-order valence-electron chi connectivity index (χ1n) is 6.89. The van der Waals surface area contributed by atoms with Crippen molar-refractivity contribution in [3.8, 4) is 0 Å². The van der Waals surface area contributed by atoms with Gasteiger partial charge < -0.3 is 15.2 Å². The van der Waals surface area contributed by atoms with Gasteiger partial charge >= 0.3 is 6.03 Å². The van der Waals surface area contributed by atoms with Gasteiger partial charge in [-0.1, -0.05) is 0 Å². The molecule has 2 heterocycles. The van der Waals surface area contributed by atoms with Gasteiger partial charge in [0.2, 0.25) is 0 Å². The molecule has 2 aromatic rings. The second-order valence-electron chi connectivity index (χ2n) is 5.55. The third-order valence-corrected chi connectivity index (χ3v) is 3.64. The standard InChI is InChI=1S/C15H18FN3O/c1-9(2)17-15(20)19-6-5-13-12(8-19)11-4-3-10(16)7-14(11)18-13/h3-4,7,9,18H,5-6,8H2,1-2H3,(H,17,20). The molecular formula is C15H18FN3O. The molecule has 0 saturated heterocycles. The molecule has 0 bridgehead atoms. The molecule has 2 N–H and O–H groups in total. The highest BCUT2D eigenvalue weighted by atomic mass is 19.1. The number of halogens is 1. The molecule has 1 aromatic carbocycles. The number of amides is 2. The molecule has 0 aliphatic carbocycles. The summed E-state index contributed by atoms with van der Waals surface area (Å²) >= 11 is 0. The molecule has 2 amide bonds. The van der Waals surface area contributed by atoms with E-state index in [1.165, 1.54) is 12.1 Å². The molecule has 1 aliphatic rings. The quantitative estimate of drug-likeness (QED) is 0.826. The number of carbonyl (C=O) groups excluding carboxylic acids is 1. The number of fused-ring (bicyclic) bond motifs is 3. The van der Waals surface area contributed by atoms with Crippen molar-refractivity contribution in [3.05, 3.63) is 35.3 Å². The van der Waals surface area contributed by atoms with Gasteiger partial charge in [0.05, 0.1) is 0 Å². The number of rotatable bonds is 1. The van der Waals surface area contributed by atoms with E-state index in [0.717, 1.165) is 28.6 Å². The summed E-state index contributed by atoms with van der Waals surface area (Å²) in [5, 5.41) is 3.91. The van der Waals surface area contributed by atoms with Crippen molar-refractivity contribution in [1.82, 2.24) is 15.2 Å². The summed E-state index contributed by atoms with van der Waals surface area (Å²) < 4.78 is 13.3. The van der Waals surface area contributed by atoms with Crippen molar-refractivity contribution in [2.75, 3.05) is 6.54 Å². The number of carbonyl (C=O) groups is 1. The number of hydrogen-bond acceptors (Lipinski definition) is 1. The zero-order valence-corrected chi connectivity index (χ0v) is 11.7. The smallest absolute Gasteiger partial charge is 0.317 e. The lowest BCUT2D eigenvalue weighted by atomic mass is 10.0. The zero-order valence-electron chi connectivity index (χ0n) is 11.7. The van der Waals surface area contributed by atoms with E-state index < -0.39 is 0 Å². The SMILES string of the molecule is CC(C)NC(=O)N1CCc2[nH]c3cc(F)ccc3c2C1. The molecule has 0 spiro atoms. The van der Waals surface area contributed by atoms with Gasteiger partial charge in [-0.25, -0.2) is 9.18 Å². The van der Waals surface area contributed by atoms with E-state index in [2.05, 4.69) is 10.3 Å².